The van der Waals surface area contributed by atoms with Gasteiger partial charge in [0.25, 0.3) is 5.91 Å². The average molecular weight is 120 g/mol. The molecule has 1 rings (SSSR count). The zero-order valence-electron chi connectivity index (χ0n) is 4.79. The zero-order chi connectivity index (χ0) is 6.69. The second kappa shape index (κ2) is 2.31. The third kappa shape index (κ3) is 1.29. The molecule has 0 saturated carbocycles. The lowest BCUT2D eigenvalue weighted by Crippen LogP contribution is -1.96. The second-order valence-electron chi connectivity index (χ2n) is 1.70. The van der Waals surface area contributed by atoms with Gasteiger partial charge in [-0.25, -0.2) is 0 Å². The van der Waals surface area contributed by atoms with Crippen molar-refractivity contribution in [1.82, 2.24) is 5.73 Å². The summed E-state index contributed by atoms with van der Waals surface area (Å²) < 4.78 is 0. The third-order valence-corrected chi connectivity index (χ3v) is 1.04. The molecular formula is C7H6NO. The van der Waals surface area contributed by atoms with E-state index in [1.54, 1.807) is 24.3 Å². The number of hydrogen-bond acceptors (Lipinski definition) is 1. The monoisotopic (exact) mass is 120 g/mol. The van der Waals surface area contributed by atoms with Crippen molar-refractivity contribution in [2.45, 2.75) is 0 Å². The molecule has 0 fully saturated rings. The molecule has 2 heteroatoms. The van der Waals surface area contributed by atoms with Crippen molar-refractivity contribution in [3.8, 4) is 0 Å². The van der Waals surface area contributed by atoms with Gasteiger partial charge in [-0.15, -0.1) is 0 Å². The minimum absolute atomic E-state index is 0.442. The Hall–Kier alpha value is -1.31. The first-order valence-corrected chi connectivity index (χ1v) is 2.61. The summed E-state index contributed by atoms with van der Waals surface area (Å²) in [5.74, 6) is -0.629. The second-order valence-corrected chi connectivity index (χ2v) is 1.70. The first-order valence-electron chi connectivity index (χ1n) is 2.61. The van der Waals surface area contributed by atoms with Crippen molar-refractivity contribution >= 4 is 5.91 Å². The molecule has 1 N–H and O–H groups in total. The molecule has 0 atom stereocenters. The molecule has 1 radical (unpaired) electrons. The standard InChI is InChI=1S/C7H6NO/c8-7(9)6-4-2-1-3-5-6/h1-5,8H. The Morgan fingerprint density at radius 3 is 2.11 bits per heavy atom. The van der Waals surface area contributed by atoms with E-state index in [1.807, 2.05) is 6.07 Å². The molecule has 9 heavy (non-hydrogen) atoms. The highest BCUT2D eigenvalue weighted by Crippen LogP contribution is 1.95. The highest BCUT2D eigenvalue weighted by atomic mass is 16.1. The van der Waals surface area contributed by atoms with E-state index in [4.69, 9.17) is 5.73 Å². The molecule has 45 valence electrons. The van der Waals surface area contributed by atoms with Crippen LogP contribution in [0.15, 0.2) is 30.3 Å². The predicted molar refractivity (Wildman–Crippen MR) is 33.9 cm³/mol. The Bertz CT molecular complexity index is 205. The molecule has 0 unspecified atom stereocenters. The van der Waals surface area contributed by atoms with E-state index in [0.29, 0.717) is 5.56 Å². The fourth-order valence-corrected chi connectivity index (χ4v) is 0.590. The molecule has 0 spiro atoms. The summed E-state index contributed by atoms with van der Waals surface area (Å²) in [6, 6.07) is 8.53. The van der Waals surface area contributed by atoms with Crippen LogP contribution in [0.4, 0.5) is 0 Å². The van der Waals surface area contributed by atoms with Crippen molar-refractivity contribution in [2.75, 3.05) is 0 Å². The minimum atomic E-state index is -0.629. The number of nitrogens with one attached hydrogen (secondary N) is 1. The summed E-state index contributed by atoms with van der Waals surface area (Å²) in [5, 5.41) is 0. The van der Waals surface area contributed by atoms with Crippen LogP contribution in [-0.2, 0) is 0 Å². The lowest BCUT2D eigenvalue weighted by atomic mass is 10.2. The van der Waals surface area contributed by atoms with E-state index in [2.05, 4.69) is 0 Å². The lowest BCUT2D eigenvalue weighted by molar-refractivity contribution is 0.0992. The van der Waals surface area contributed by atoms with Gasteiger partial charge in [-0.2, -0.15) is 0 Å². The van der Waals surface area contributed by atoms with Gasteiger partial charge in [0, 0.05) is 5.56 Å². The van der Waals surface area contributed by atoms with Gasteiger partial charge < -0.3 is 0 Å². The van der Waals surface area contributed by atoms with Crippen LogP contribution >= 0.6 is 0 Å². The van der Waals surface area contributed by atoms with Crippen LogP contribution in [-0.4, -0.2) is 5.91 Å². The average Bonchev–Trinajstić information content (AvgIpc) is 1.90. The Balaban J connectivity index is 2.98. The van der Waals surface area contributed by atoms with E-state index in [9.17, 15) is 4.79 Å². The lowest BCUT2D eigenvalue weighted by Gasteiger charge is -1.88. The van der Waals surface area contributed by atoms with Gasteiger partial charge in [-0.05, 0) is 12.1 Å². The number of amides is 1. The molecule has 1 aromatic carbocycles. The zero-order valence-corrected chi connectivity index (χ0v) is 4.79. The van der Waals surface area contributed by atoms with Gasteiger partial charge in [0.05, 0.1) is 0 Å². The van der Waals surface area contributed by atoms with Gasteiger partial charge in [-0.1, -0.05) is 18.2 Å². The first-order chi connectivity index (χ1) is 4.30. The van der Waals surface area contributed by atoms with Gasteiger partial charge in [-0.3, -0.25) is 10.5 Å². The smallest absolute Gasteiger partial charge is 0.267 e. The molecule has 0 aromatic heterocycles. The fraction of sp³-hybridized carbons (Fsp3) is 0. The molecule has 0 aliphatic heterocycles. The van der Waals surface area contributed by atoms with Crippen molar-refractivity contribution in [1.29, 1.82) is 0 Å². The van der Waals surface area contributed by atoms with E-state index < -0.39 is 5.91 Å². The number of hydrogen-bond donors (Lipinski definition) is 0. The maximum atomic E-state index is 10.3. The highest BCUT2D eigenvalue weighted by molar-refractivity contribution is 5.91. The van der Waals surface area contributed by atoms with Gasteiger partial charge >= 0.3 is 0 Å². The third-order valence-electron chi connectivity index (χ3n) is 1.04. The summed E-state index contributed by atoms with van der Waals surface area (Å²) >= 11 is 0. The van der Waals surface area contributed by atoms with Crippen molar-refractivity contribution in [3.05, 3.63) is 35.9 Å². The fourth-order valence-electron chi connectivity index (χ4n) is 0.590. The number of benzene rings is 1. The van der Waals surface area contributed by atoms with Gasteiger partial charge in [0.2, 0.25) is 0 Å². The summed E-state index contributed by atoms with van der Waals surface area (Å²) in [5.41, 5.74) is 7.12. The van der Waals surface area contributed by atoms with Crippen LogP contribution in [0, 0.1) is 0 Å². The SMILES string of the molecule is [NH]C(=O)c1ccccc1. The Kier molecular flexibility index (Phi) is 1.49. The quantitative estimate of drug-likeness (QED) is 0.547. The van der Waals surface area contributed by atoms with Crippen molar-refractivity contribution in [2.24, 2.45) is 0 Å². The Morgan fingerprint density at radius 2 is 1.78 bits per heavy atom. The van der Waals surface area contributed by atoms with Crippen LogP contribution in [0.3, 0.4) is 0 Å². The first kappa shape index (κ1) is 5.82. The Labute approximate surface area is 53.3 Å². The van der Waals surface area contributed by atoms with Gasteiger partial charge in [0.1, 0.15) is 0 Å². The van der Waals surface area contributed by atoms with Crippen LogP contribution in [0.2, 0.25) is 0 Å². The largest absolute Gasteiger partial charge is 0.269 e. The van der Waals surface area contributed by atoms with E-state index in [1.165, 1.54) is 0 Å². The van der Waals surface area contributed by atoms with Crippen LogP contribution in [0.1, 0.15) is 10.4 Å². The summed E-state index contributed by atoms with van der Waals surface area (Å²) in [6.45, 7) is 0. The summed E-state index contributed by atoms with van der Waals surface area (Å²) in [6.07, 6.45) is 0. The maximum Gasteiger partial charge on any atom is 0.269 e. The minimum Gasteiger partial charge on any atom is -0.267 e. The molecule has 0 saturated heterocycles. The molecule has 0 bridgehead atoms. The predicted octanol–water partition coefficient (Wildman–Crippen LogP) is 1.11. The number of rotatable bonds is 1. The molecule has 0 aliphatic carbocycles. The van der Waals surface area contributed by atoms with Crippen LogP contribution in [0.25, 0.3) is 0 Å². The molecule has 0 aliphatic rings. The topological polar surface area (TPSA) is 40.9 Å². The number of carbonyl (C=O) groups is 1. The maximum absolute atomic E-state index is 10.3. The van der Waals surface area contributed by atoms with Crippen LogP contribution in [0.5, 0.6) is 0 Å². The molecule has 2 nitrogen and oxygen atoms in total. The van der Waals surface area contributed by atoms with Gasteiger partial charge in [0.15, 0.2) is 0 Å². The molecule has 1 amide bonds. The highest BCUT2D eigenvalue weighted by Gasteiger charge is 1.95. The summed E-state index contributed by atoms with van der Waals surface area (Å²) in [4.78, 5) is 10.3. The van der Waals surface area contributed by atoms with E-state index in [0.717, 1.165) is 0 Å². The van der Waals surface area contributed by atoms with Crippen molar-refractivity contribution in [3.63, 3.8) is 0 Å². The summed E-state index contributed by atoms with van der Waals surface area (Å²) in [7, 11) is 0. The molecule has 0 heterocycles. The van der Waals surface area contributed by atoms with E-state index in [-0.39, 0.29) is 0 Å². The normalized spacial score (nSPS) is 8.89. The van der Waals surface area contributed by atoms with E-state index >= 15 is 0 Å². The van der Waals surface area contributed by atoms with Crippen LogP contribution < -0.4 is 5.73 Å². The molecular weight excluding hydrogens is 114 g/mol. The molecule has 1 aromatic rings. The number of carbonyl (C=O) groups excluding carboxylic acids is 1. The van der Waals surface area contributed by atoms with Crippen molar-refractivity contribution < 1.29 is 4.79 Å². The Morgan fingerprint density at radius 1 is 1.22 bits per heavy atom.